The molecule has 0 saturated heterocycles. The molecule has 35 heavy (non-hydrogen) atoms. The molecule has 0 atom stereocenters. The van der Waals surface area contributed by atoms with Crippen LogP contribution in [0.2, 0.25) is 0 Å². The van der Waals surface area contributed by atoms with Crippen LogP contribution < -0.4 is 0 Å². The number of ether oxygens (including phenoxy) is 10. The SMILES string of the molecule is COC(=O)COCCOCCOCCOCCOCCOCCOCCOCCOCCN(C)C. The van der Waals surface area contributed by atoms with Gasteiger partial charge in [-0.1, -0.05) is 0 Å². The minimum Gasteiger partial charge on any atom is -0.467 e. The van der Waals surface area contributed by atoms with E-state index in [1.54, 1.807) is 0 Å². The van der Waals surface area contributed by atoms with Crippen molar-refractivity contribution >= 4 is 5.97 Å². The summed E-state index contributed by atoms with van der Waals surface area (Å²) in [6.45, 7) is 9.55. The molecule has 0 spiro atoms. The minimum absolute atomic E-state index is 0.0646. The number of methoxy groups -OCH3 is 1. The second-order valence-corrected chi connectivity index (χ2v) is 7.33. The van der Waals surface area contributed by atoms with Crippen molar-refractivity contribution in [1.82, 2.24) is 4.90 Å². The molecule has 0 fully saturated rings. The number of likely N-dealkylation sites (N-methyl/N-ethyl adjacent to an activating group) is 1. The first-order chi connectivity index (χ1) is 17.2. The van der Waals surface area contributed by atoms with Crippen LogP contribution in [0.3, 0.4) is 0 Å². The van der Waals surface area contributed by atoms with Gasteiger partial charge in [0.15, 0.2) is 0 Å². The lowest BCUT2D eigenvalue weighted by molar-refractivity contribution is -0.146. The Labute approximate surface area is 210 Å². The van der Waals surface area contributed by atoms with E-state index in [0.717, 1.165) is 6.54 Å². The van der Waals surface area contributed by atoms with E-state index < -0.39 is 5.97 Å². The summed E-state index contributed by atoms with van der Waals surface area (Å²) in [6, 6.07) is 0. The van der Waals surface area contributed by atoms with Crippen LogP contribution in [-0.2, 0) is 52.2 Å². The van der Waals surface area contributed by atoms with Crippen LogP contribution in [0.25, 0.3) is 0 Å². The van der Waals surface area contributed by atoms with Crippen LogP contribution in [0.1, 0.15) is 0 Å². The summed E-state index contributed by atoms with van der Waals surface area (Å²) in [6.07, 6.45) is 0. The van der Waals surface area contributed by atoms with E-state index in [1.807, 2.05) is 14.1 Å². The number of rotatable bonds is 29. The van der Waals surface area contributed by atoms with Gasteiger partial charge in [0, 0.05) is 6.54 Å². The third-order valence-electron chi connectivity index (χ3n) is 4.11. The maximum Gasteiger partial charge on any atom is 0.331 e. The molecule has 0 radical (unpaired) electrons. The summed E-state index contributed by atoms with van der Waals surface area (Å²) >= 11 is 0. The highest BCUT2D eigenvalue weighted by Gasteiger charge is 1.99. The van der Waals surface area contributed by atoms with Crippen LogP contribution in [0, 0.1) is 0 Å². The number of carbonyl (C=O) groups excluding carboxylic acids is 1. The molecule has 0 bridgehead atoms. The van der Waals surface area contributed by atoms with Gasteiger partial charge < -0.3 is 52.3 Å². The normalized spacial score (nSPS) is 11.4. The quantitative estimate of drug-likeness (QED) is 0.0981. The third-order valence-corrected chi connectivity index (χ3v) is 4.11. The van der Waals surface area contributed by atoms with Gasteiger partial charge in [0.25, 0.3) is 0 Å². The molecule has 0 aliphatic carbocycles. The lowest BCUT2D eigenvalue weighted by atomic mass is 10.6. The Balaban J connectivity index is 3.04. The first-order valence-electron chi connectivity index (χ1n) is 12.1. The summed E-state index contributed by atoms with van der Waals surface area (Å²) in [5.74, 6) is -0.403. The molecular weight excluding hydrogens is 466 g/mol. The van der Waals surface area contributed by atoms with Crippen molar-refractivity contribution in [2.24, 2.45) is 0 Å². The van der Waals surface area contributed by atoms with Crippen molar-refractivity contribution in [3.8, 4) is 0 Å². The third kappa shape index (κ3) is 31.0. The maximum atomic E-state index is 10.8. The smallest absolute Gasteiger partial charge is 0.331 e. The summed E-state index contributed by atoms with van der Waals surface area (Å²) in [5.41, 5.74) is 0. The Bertz CT molecular complexity index is 430. The molecule has 0 aliphatic heterocycles. The van der Waals surface area contributed by atoms with Crippen molar-refractivity contribution in [3.63, 3.8) is 0 Å². The highest BCUT2D eigenvalue weighted by Crippen LogP contribution is 1.86. The standard InChI is InChI=1S/C23H47NO11/c1-24(2)4-5-27-6-7-28-8-9-29-10-11-30-12-13-31-14-15-32-16-17-33-18-19-34-20-21-35-22-23(25)26-3/h4-22H2,1-3H3. The molecule has 0 aromatic heterocycles. The number of esters is 1. The van der Waals surface area contributed by atoms with E-state index in [9.17, 15) is 4.79 Å². The number of hydrogen-bond acceptors (Lipinski definition) is 12. The Morgan fingerprint density at radius 3 is 0.971 bits per heavy atom. The van der Waals surface area contributed by atoms with Gasteiger partial charge in [-0.15, -0.1) is 0 Å². The molecule has 0 heterocycles. The van der Waals surface area contributed by atoms with Gasteiger partial charge >= 0.3 is 5.97 Å². The molecule has 0 aliphatic rings. The Kier molecular flexibility index (Phi) is 28.5. The highest BCUT2D eigenvalue weighted by molar-refractivity contribution is 5.70. The average Bonchev–Trinajstić information content (AvgIpc) is 2.85. The van der Waals surface area contributed by atoms with Crippen LogP contribution in [0.5, 0.6) is 0 Å². The minimum atomic E-state index is -0.403. The lowest BCUT2D eigenvalue weighted by Crippen LogP contribution is -2.19. The summed E-state index contributed by atoms with van der Waals surface area (Å²) in [7, 11) is 5.35. The van der Waals surface area contributed by atoms with Crippen molar-refractivity contribution in [1.29, 1.82) is 0 Å². The largest absolute Gasteiger partial charge is 0.467 e. The Morgan fingerprint density at radius 2 is 0.714 bits per heavy atom. The first kappa shape index (κ1) is 34.1. The van der Waals surface area contributed by atoms with Crippen LogP contribution in [-0.4, -0.2) is 158 Å². The molecule has 0 amide bonds. The fraction of sp³-hybridized carbons (Fsp3) is 0.957. The van der Waals surface area contributed by atoms with Gasteiger partial charge in [0.1, 0.15) is 6.61 Å². The van der Waals surface area contributed by atoms with E-state index in [1.165, 1.54) is 7.11 Å². The van der Waals surface area contributed by atoms with Gasteiger partial charge in [-0.05, 0) is 14.1 Å². The van der Waals surface area contributed by atoms with Crippen molar-refractivity contribution in [2.45, 2.75) is 0 Å². The van der Waals surface area contributed by atoms with Gasteiger partial charge in [0.05, 0.1) is 119 Å². The molecule has 0 aromatic rings. The number of hydrogen-bond donors (Lipinski definition) is 0. The van der Waals surface area contributed by atoms with Crippen molar-refractivity contribution in [3.05, 3.63) is 0 Å². The molecule has 0 unspecified atom stereocenters. The number of carbonyl (C=O) groups is 1. The molecule has 12 nitrogen and oxygen atoms in total. The zero-order valence-electron chi connectivity index (χ0n) is 21.9. The summed E-state index contributed by atoms with van der Waals surface area (Å²) in [5, 5.41) is 0. The van der Waals surface area contributed by atoms with E-state index in [2.05, 4.69) is 9.64 Å². The van der Waals surface area contributed by atoms with E-state index in [0.29, 0.717) is 112 Å². The lowest BCUT2D eigenvalue weighted by Gasteiger charge is -2.10. The van der Waals surface area contributed by atoms with Gasteiger partial charge in [-0.2, -0.15) is 0 Å². The predicted molar refractivity (Wildman–Crippen MR) is 128 cm³/mol. The van der Waals surface area contributed by atoms with Gasteiger partial charge in [-0.3, -0.25) is 0 Å². The second kappa shape index (κ2) is 29.3. The zero-order chi connectivity index (χ0) is 25.7. The molecule has 210 valence electrons. The highest BCUT2D eigenvalue weighted by atomic mass is 16.6. The zero-order valence-corrected chi connectivity index (χ0v) is 21.9. The van der Waals surface area contributed by atoms with Crippen molar-refractivity contribution in [2.75, 3.05) is 147 Å². The summed E-state index contributed by atoms with van der Waals surface area (Å²) in [4.78, 5) is 12.9. The predicted octanol–water partition coefficient (Wildman–Crippen LogP) is -0.130. The van der Waals surface area contributed by atoms with Crippen LogP contribution >= 0.6 is 0 Å². The Hall–Kier alpha value is -0.930. The molecule has 0 aromatic carbocycles. The Morgan fingerprint density at radius 1 is 0.457 bits per heavy atom. The van der Waals surface area contributed by atoms with E-state index >= 15 is 0 Å². The molecule has 12 heteroatoms. The maximum absolute atomic E-state index is 10.8. The van der Waals surface area contributed by atoms with Crippen LogP contribution in [0.15, 0.2) is 0 Å². The molecule has 0 rings (SSSR count). The fourth-order valence-corrected chi connectivity index (χ4v) is 2.22. The molecule has 0 saturated carbocycles. The first-order valence-corrected chi connectivity index (χ1v) is 12.1. The monoisotopic (exact) mass is 513 g/mol. The van der Waals surface area contributed by atoms with Crippen molar-refractivity contribution < 1.29 is 52.2 Å². The molecule has 0 N–H and O–H groups in total. The topological polar surface area (TPSA) is 113 Å². The van der Waals surface area contributed by atoms with E-state index in [4.69, 9.17) is 42.6 Å². The summed E-state index contributed by atoms with van der Waals surface area (Å²) < 4.78 is 52.8. The molecular formula is C23H47NO11. The van der Waals surface area contributed by atoms with Gasteiger partial charge in [0.2, 0.25) is 0 Å². The average molecular weight is 514 g/mol. The van der Waals surface area contributed by atoms with Crippen LogP contribution in [0.4, 0.5) is 0 Å². The fourth-order valence-electron chi connectivity index (χ4n) is 2.22. The number of nitrogens with zero attached hydrogens (tertiary/aromatic N) is 1. The second-order valence-electron chi connectivity index (χ2n) is 7.33. The van der Waals surface area contributed by atoms with E-state index in [-0.39, 0.29) is 6.61 Å². The van der Waals surface area contributed by atoms with Gasteiger partial charge in [-0.25, -0.2) is 4.79 Å².